The van der Waals surface area contributed by atoms with Crippen LogP contribution in [0.25, 0.3) is 0 Å². The zero-order valence-corrected chi connectivity index (χ0v) is 12.1. The molecule has 0 heterocycles. The van der Waals surface area contributed by atoms with Gasteiger partial charge in [-0.3, -0.25) is 4.79 Å². The van der Waals surface area contributed by atoms with Gasteiger partial charge in [0.15, 0.2) is 0 Å². The summed E-state index contributed by atoms with van der Waals surface area (Å²) in [6.45, 7) is 2.08. The third kappa shape index (κ3) is 13.4. The zero-order valence-electron chi connectivity index (χ0n) is 12.1. The lowest BCUT2D eigenvalue weighted by Gasteiger charge is -2.08. The third-order valence-electron chi connectivity index (χ3n) is 2.95. The van der Waals surface area contributed by atoms with Gasteiger partial charge in [0.25, 0.3) is 0 Å². The van der Waals surface area contributed by atoms with E-state index in [0.717, 1.165) is 12.8 Å². The van der Waals surface area contributed by atoms with Gasteiger partial charge in [-0.25, -0.2) is 0 Å². The van der Waals surface area contributed by atoms with Gasteiger partial charge >= 0.3 is 0 Å². The molecule has 1 amide bonds. The Hall–Kier alpha value is -0.870. The van der Waals surface area contributed by atoms with Crippen molar-refractivity contribution in [1.82, 2.24) is 5.32 Å². The van der Waals surface area contributed by atoms with Crippen molar-refractivity contribution in [2.45, 2.75) is 70.9 Å². The third-order valence-corrected chi connectivity index (χ3v) is 2.95. The first-order valence-electron chi connectivity index (χ1n) is 7.46. The SMILES string of the molecule is CCCCCCCCCC=CC(=O)NC(O)CCO. The van der Waals surface area contributed by atoms with Crippen LogP contribution in [0.15, 0.2) is 12.2 Å². The number of carbonyl (C=O) groups is 1. The normalized spacial score (nSPS) is 12.8. The fourth-order valence-electron chi connectivity index (χ4n) is 1.82. The number of allylic oxidation sites excluding steroid dienone is 1. The van der Waals surface area contributed by atoms with Crippen LogP contribution >= 0.6 is 0 Å². The van der Waals surface area contributed by atoms with Crippen LogP contribution in [0, 0.1) is 0 Å². The highest BCUT2D eigenvalue weighted by Crippen LogP contribution is 2.08. The highest BCUT2D eigenvalue weighted by molar-refractivity contribution is 5.87. The maximum atomic E-state index is 11.3. The lowest BCUT2D eigenvalue weighted by atomic mass is 10.1. The van der Waals surface area contributed by atoms with E-state index in [1.165, 1.54) is 44.6 Å². The highest BCUT2D eigenvalue weighted by atomic mass is 16.3. The van der Waals surface area contributed by atoms with E-state index in [4.69, 9.17) is 5.11 Å². The Morgan fingerprint density at radius 3 is 2.42 bits per heavy atom. The monoisotopic (exact) mass is 271 g/mol. The Labute approximate surface area is 116 Å². The molecule has 0 aromatic heterocycles. The van der Waals surface area contributed by atoms with Crippen LogP contribution in [0.1, 0.15) is 64.7 Å². The fraction of sp³-hybridized carbons (Fsp3) is 0.800. The van der Waals surface area contributed by atoms with Crippen LogP contribution in [0.2, 0.25) is 0 Å². The predicted octanol–water partition coefficient (Wildman–Crippen LogP) is 2.50. The fourth-order valence-corrected chi connectivity index (χ4v) is 1.82. The van der Waals surface area contributed by atoms with Crippen LogP contribution in [0.5, 0.6) is 0 Å². The zero-order chi connectivity index (χ0) is 14.3. The molecule has 1 unspecified atom stereocenters. The van der Waals surface area contributed by atoms with E-state index in [9.17, 15) is 9.90 Å². The van der Waals surface area contributed by atoms with Crippen LogP contribution in [0.3, 0.4) is 0 Å². The van der Waals surface area contributed by atoms with Gasteiger partial charge in [0.05, 0.1) is 0 Å². The van der Waals surface area contributed by atoms with Crippen molar-refractivity contribution < 1.29 is 15.0 Å². The minimum absolute atomic E-state index is 0.136. The first-order valence-corrected chi connectivity index (χ1v) is 7.46. The van der Waals surface area contributed by atoms with Crippen LogP contribution < -0.4 is 5.32 Å². The summed E-state index contributed by atoms with van der Waals surface area (Å²) in [5.74, 6) is -0.302. The van der Waals surface area contributed by atoms with Gasteiger partial charge in [0.2, 0.25) is 5.91 Å². The second-order valence-electron chi connectivity index (χ2n) is 4.85. The van der Waals surface area contributed by atoms with E-state index in [-0.39, 0.29) is 18.9 Å². The van der Waals surface area contributed by atoms with Crippen molar-refractivity contribution in [1.29, 1.82) is 0 Å². The first-order chi connectivity index (χ1) is 9.20. The van der Waals surface area contributed by atoms with E-state index < -0.39 is 6.23 Å². The average Bonchev–Trinajstić information content (AvgIpc) is 2.37. The lowest BCUT2D eigenvalue weighted by molar-refractivity contribution is -0.119. The molecule has 0 saturated carbocycles. The van der Waals surface area contributed by atoms with Gasteiger partial charge in [-0.1, -0.05) is 51.5 Å². The van der Waals surface area contributed by atoms with E-state index in [2.05, 4.69) is 12.2 Å². The summed E-state index contributed by atoms with van der Waals surface area (Å²) in [6, 6.07) is 0. The molecule has 0 aromatic rings. The number of hydrogen-bond acceptors (Lipinski definition) is 3. The molecule has 0 spiro atoms. The van der Waals surface area contributed by atoms with Crippen molar-refractivity contribution in [2.24, 2.45) is 0 Å². The molecule has 0 saturated heterocycles. The molecule has 0 fully saturated rings. The number of hydrogen-bond donors (Lipinski definition) is 3. The summed E-state index contributed by atoms with van der Waals surface area (Å²) in [4.78, 5) is 11.3. The van der Waals surface area contributed by atoms with Gasteiger partial charge in [-0.05, 0) is 18.9 Å². The van der Waals surface area contributed by atoms with Gasteiger partial charge in [-0.2, -0.15) is 0 Å². The molecule has 0 radical (unpaired) electrons. The maximum absolute atomic E-state index is 11.3. The molecule has 0 aliphatic rings. The first kappa shape index (κ1) is 18.1. The van der Waals surface area contributed by atoms with E-state index in [1.807, 2.05) is 6.08 Å². The minimum atomic E-state index is -0.958. The molecule has 0 aliphatic carbocycles. The van der Waals surface area contributed by atoms with Gasteiger partial charge in [-0.15, -0.1) is 0 Å². The topological polar surface area (TPSA) is 69.6 Å². The standard InChI is InChI=1S/C15H29NO3/c1-2-3-4-5-6-7-8-9-10-11-14(18)16-15(19)12-13-17/h10-11,15,17,19H,2-9,12-13H2,1H3,(H,16,18). The second-order valence-corrected chi connectivity index (χ2v) is 4.85. The highest BCUT2D eigenvalue weighted by Gasteiger charge is 2.04. The van der Waals surface area contributed by atoms with E-state index in [1.54, 1.807) is 0 Å². The molecular formula is C15H29NO3. The summed E-state index contributed by atoms with van der Waals surface area (Å²) in [6.07, 6.45) is 12.2. The Kier molecular flexibility index (Phi) is 12.9. The number of carbonyl (C=O) groups excluding carboxylic acids is 1. The van der Waals surface area contributed by atoms with E-state index >= 15 is 0 Å². The smallest absolute Gasteiger partial charge is 0.245 e. The molecule has 0 bridgehead atoms. The number of nitrogens with one attached hydrogen (secondary N) is 1. The molecule has 112 valence electrons. The van der Waals surface area contributed by atoms with Crippen molar-refractivity contribution in [3.8, 4) is 0 Å². The van der Waals surface area contributed by atoms with Crippen LogP contribution in [0.4, 0.5) is 0 Å². The maximum Gasteiger partial charge on any atom is 0.245 e. The number of rotatable bonds is 12. The number of aliphatic hydroxyl groups is 2. The molecule has 0 aliphatic heterocycles. The summed E-state index contributed by atoms with van der Waals surface area (Å²) in [5.41, 5.74) is 0. The second kappa shape index (κ2) is 13.6. The van der Waals surface area contributed by atoms with Crippen molar-refractivity contribution >= 4 is 5.91 Å². The molecule has 19 heavy (non-hydrogen) atoms. The molecule has 1 atom stereocenters. The molecule has 0 rings (SSSR count). The summed E-state index contributed by atoms with van der Waals surface area (Å²) in [7, 11) is 0. The minimum Gasteiger partial charge on any atom is -0.396 e. The summed E-state index contributed by atoms with van der Waals surface area (Å²) in [5, 5.41) is 20.2. The van der Waals surface area contributed by atoms with Gasteiger partial charge < -0.3 is 15.5 Å². The largest absolute Gasteiger partial charge is 0.396 e. The number of aliphatic hydroxyl groups excluding tert-OH is 2. The lowest BCUT2D eigenvalue weighted by Crippen LogP contribution is -2.33. The Bertz CT molecular complexity index is 242. The van der Waals surface area contributed by atoms with Crippen LogP contribution in [-0.2, 0) is 4.79 Å². The average molecular weight is 271 g/mol. The molecule has 0 aromatic carbocycles. The molecule has 4 nitrogen and oxygen atoms in total. The van der Waals surface area contributed by atoms with Crippen LogP contribution in [-0.4, -0.2) is 29.0 Å². The molecular weight excluding hydrogens is 242 g/mol. The van der Waals surface area contributed by atoms with E-state index in [0.29, 0.717) is 0 Å². The predicted molar refractivity (Wildman–Crippen MR) is 77.6 cm³/mol. The van der Waals surface area contributed by atoms with Gasteiger partial charge in [0, 0.05) is 13.0 Å². The Balaban J connectivity index is 3.39. The van der Waals surface area contributed by atoms with Gasteiger partial charge in [0.1, 0.15) is 6.23 Å². The molecule has 4 heteroatoms. The number of amides is 1. The molecule has 3 N–H and O–H groups in total. The quantitative estimate of drug-likeness (QED) is 0.290. The van der Waals surface area contributed by atoms with Crippen molar-refractivity contribution in [3.05, 3.63) is 12.2 Å². The van der Waals surface area contributed by atoms with Crippen molar-refractivity contribution in [3.63, 3.8) is 0 Å². The summed E-state index contributed by atoms with van der Waals surface area (Å²) >= 11 is 0. The Morgan fingerprint density at radius 2 is 1.79 bits per heavy atom. The van der Waals surface area contributed by atoms with Crippen molar-refractivity contribution in [2.75, 3.05) is 6.61 Å². The Morgan fingerprint density at radius 1 is 1.16 bits per heavy atom. The number of unbranched alkanes of at least 4 members (excludes halogenated alkanes) is 7. The summed E-state index contributed by atoms with van der Waals surface area (Å²) < 4.78 is 0.